The van der Waals surface area contributed by atoms with Crippen LogP contribution in [0.25, 0.3) is 4.96 Å². The van der Waals surface area contributed by atoms with E-state index < -0.39 is 8.32 Å². The summed E-state index contributed by atoms with van der Waals surface area (Å²) >= 11 is 4.94. The summed E-state index contributed by atoms with van der Waals surface area (Å²) in [6.45, 7) is 10.3. The number of fused-ring (bicyclic) bond motifs is 1. The molecule has 0 amide bonds. The molecule has 258 valence electrons. The van der Waals surface area contributed by atoms with Crippen LogP contribution in [-0.4, -0.2) is 62.0 Å². The minimum Gasteiger partial charge on any atom is -0.494 e. The van der Waals surface area contributed by atoms with Crippen LogP contribution in [0.1, 0.15) is 57.9 Å². The first-order valence-electron chi connectivity index (χ1n) is 17.2. The van der Waals surface area contributed by atoms with Gasteiger partial charge in [0.1, 0.15) is 16.0 Å². The van der Waals surface area contributed by atoms with Gasteiger partial charge in [0.15, 0.2) is 4.96 Å². The van der Waals surface area contributed by atoms with Gasteiger partial charge < -0.3 is 19.4 Å². The third-order valence-electron chi connectivity index (χ3n) is 9.53. The molecule has 2 atom stereocenters. The van der Waals surface area contributed by atoms with E-state index in [4.69, 9.17) is 14.1 Å². The minimum absolute atomic E-state index is 0.0101. The van der Waals surface area contributed by atoms with Crippen LogP contribution in [0.2, 0.25) is 5.04 Å². The number of hydrogen-bond donors (Lipinski definition) is 1. The third kappa shape index (κ3) is 8.04. The van der Waals surface area contributed by atoms with Crippen molar-refractivity contribution < 1.29 is 9.16 Å². The SMILES string of the molecule is CN1C[C@H](Nc2nc3sccn3c(=O)c2Br)C[C@H](c2ccc(OCCCCCO[Si](c3ccccc3)(c3ccccc3)C(C)(C)C)cc2)C1. The molecule has 3 heterocycles. The van der Waals surface area contributed by atoms with Gasteiger partial charge in [0.25, 0.3) is 13.9 Å². The van der Waals surface area contributed by atoms with Crippen molar-refractivity contribution in [3.05, 3.63) is 117 Å². The number of aromatic nitrogens is 2. The van der Waals surface area contributed by atoms with Crippen LogP contribution >= 0.6 is 27.3 Å². The number of nitrogens with zero attached hydrogens (tertiary/aromatic N) is 3. The molecule has 0 bridgehead atoms. The highest BCUT2D eigenvalue weighted by atomic mass is 79.9. The zero-order valence-corrected chi connectivity index (χ0v) is 32.3. The van der Waals surface area contributed by atoms with Gasteiger partial charge in [-0.25, -0.2) is 4.98 Å². The number of ether oxygens (including phenoxy) is 1. The number of thiazole rings is 1. The topological polar surface area (TPSA) is 68.1 Å². The Labute approximate surface area is 303 Å². The van der Waals surface area contributed by atoms with Crippen molar-refractivity contribution in [3.8, 4) is 5.75 Å². The predicted molar refractivity (Wildman–Crippen MR) is 209 cm³/mol. The fraction of sp³-hybridized carbons (Fsp3) is 0.385. The van der Waals surface area contributed by atoms with Crippen LogP contribution in [0.3, 0.4) is 0 Å². The standard InChI is InChI=1S/C39H47BrN4O3SSi/c1-39(2,3)49(33-14-8-5-9-15-33,34-16-10-6-11-17-34)47-24-13-7-12-23-46-32-20-18-29(19-21-32)30-26-31(28-43(4)27-30)41-36-35(40)37(45)44-22-25-48-38(44)42-36/h5-6,8-11,14-22,25,30-31,41H,7,12-13,23-24,26-28H2,1-4H3/t30-,31+/m0/s1. The first-order chi connectivity index (χ1) is 23.7. The van der Waals surface area contributed by atoms with E-state index in [-0.39, 0.29) is 16.6 Å². The second-order valence-electron chi connectivity index (χ2n) is 14.1. The summed E-state index contributed by atoms with van der Waals surface area (Å²) in [7, 11) is -0.337. The smallest absolute Gasteiger partial charge is 0.275 e. The molecule has 1 saturated heterocycles. The lowest BCUT2D eigenvalue weighted by molar-refractivity contribution is 0.235. The number of piperidine rings is 1. The Balaban J connectivity index is 0.992. The molecule has 1 aliphatic rings. The zero-order chi connectivity index (χ0) is 34.4. The molecule has 0 aliphatic carbocycles. The average molecular weight is 760 g/mol. The quantitative estimate of drug-likeness (QED) is 0.0989. The second-order valence-corrected chi connectivity index (χ2v) is 20.1. The average Bonchev–Trinajstić information content (AvgIpc) is 3.57. The molecule has 1 aliphatic heterocycles. The van der Waals surface area contributed by atoms with Gasteiger partial charge in [0.2, 0.25) is 0 Å². The number of hydrogen-bond acceptors (Lipinski definition) is 7. The van der Waals surface area contributed by atoms with Crippen LogP contribution < -0.4 is 26.0 Å². The van der Waals surface area contributed by atoms with Gasteiger partial charge in [0, 0.05) is 37.3 Å². The Morgan fingerprint density at radius 2 is 1.57 bits per heavy atom. The van der Waals surface area contributed by atoms with Gasteiger partial charge in [-0.05, 0) is 87.7 Å². The summed E-state index contributed by atoms with van der Waals surface area (Å²) < 4.78 is 15.3. The normalized spacial score (nSPS) is 17.3. The molecule has 3 aromatic carbocycles. The van der Waals surface area contributed by atoms with E-state index in [1.165, 1.54) is 27.3 Å². The summed E-state index contributed by atoms with van der Waals surface area (Å²) in [6, 6.07) is 30.5. The number of benzene rings is 3. The lowest BCUT2D eigenvalue weighted by Gasteiger charge is -2.43. The van der Waals surface area contributed by atoms with E-state index in [1.807, 2.05) is 5.38 Å². The molecule has 0 saturated carbocycles. The third-order valence-corrected chi connectivity index (χ3v) is 16.0. The van der Waals surface area contributed by atoms with Crippen LogP contribution in [0, 0.1) is 0 Å². The summed E-state index contributed by atoms with van der Waals surface area (Å²) in [6.07, 6.45) is 5.75. The molecule has 1 fully saturated rings. The van der Waals surface area contributed by atoms with E-state index in [2.05, 4.69) is 139 Å². The highest BCUT2D eigenvalue weighted by Crippen LogP contribution is 2.37. The van der Waals surface area contributed by atoms with E-state index in [0.717, 1.165) is 51.1 Å². The number of nitrogens with one attached hydrogen (secondary N) is 1. The minimum atomic E-state index is -2.49. The summed E-state index contributed by atoms with van der Waals surface area (Å²) in [5.74, 6) is 1.89. The molecule has 0 spiro atoms. The number of anilines is 1. The van der Waals surface area contributed by atoms with Gasteiger partial charge >= 0.3 is 0 Å². The first kappa shape index (κ1) is 35.5. The molecule has 2 aromatic heterocycles. The molecular formula is C39H47BrN4O3SSi. The van der Waals surface area contributed by atoms with Gasteiger partial charge in [-0.2, -0.15) is 0 Å². The maximum atomic E-state index is 12.8. The molecule has 5 aromatic rings. The number of likely N-dealkylation sites (tertiary alicyclic amines) is 1. The van der Waals surface area contributed by atoms with E-state index in [1.54, 1.807) is 10.6 Å². The Morgan fingerprint density at radius 3 is 2.22 bits per heavy atom. The summed E-state index contributed by atoms with van der Waals surface area (Å²) in [4.78, 5) is 20.5. The van der Waals surface area contributed by atoms with Gasteiger partial charge in [-0.15, -0.1) is 11.3 Å². The first-order valence-corrected chi connectivity index (χ1v) is 20.8. The number of likely N-dealkylation sites (N-methyl/N-ethyl adjacent to an activating group) is 1. The van der Waals surface area contributed by atoms with E-state index in [0.29, 0.717) is 27.8 Å². The van der Waals surface area contributed by atoms with Crippen molar-refractivity contribution in [2.45, 2.75) is 63.5 Å². The summed E-state index contributed by atoms with van der Waals surface area (Å²) in [5, 5.41) is 8.07. The van der Waals surface area contributed by atoms with Crippen molar-refractivity contribution in [3.63, 3.8) is 0 Å². The number of unbranched alkanes of at least 4 members (excludes halogenated alkanes) is 2. The zero-order valence-electron chi connectivity index (χ0n) is 28.9. The van der Waals surface area contributed by atoms with Crippen molar-refractivity contribution in [2.75, 3.05) is 38.7 Å². The Hall–Kier alpha value is -3.28. The Morgan fingerprint density at radius 1 is 0.918 bits per heavy atom. The molecular weight excluding hydrogens is 713 g/mol. The van der Waals surface area contributed by atoms with Crippen LogP contribution in [0.5, 0.6) is 5.75 Å². The van der Waals surface area contributed by atoms with Crippen LogP contribution in [0.4, 0.5) is 5.82 Å². The van der Waals surface area contributed by atoms with E-state index in [9.17, 15) is 4.79 Å². The lowest BCUT2D eigenvalue weighted by Crippen LogP contribution is -2.66. The molecule has 7 nitrogen and oxygen atoms in total. The number of halogens is 1. The molecule has 6 rings (SSSR count). The number of rotatable bonds is 13. The monoisotopic (exact) mass is 758 g/mol. The highest BCUT2D eigenvalue weighted by Gasteiger charge is 2.49. The fourth-order valence-electron chi connectivity index (χ4n) is 7.21. The molecule has 1 N–H and O–H groups in total. The van der Waals surface area contributed by atoms with Crippen molar-refractivity contribution in [1.82, 2.24) is 14.3 Å². The molecule has 0 unspecified atom stereocenters. The van der Waals surface area contributed by atoms with Gasteiger partial charge in [-0.1, -0.05) is 93.6 Å². The van der Waals surface area contributed by atoms with Gasteiger partial charge in [0.05, 0.1) is 6.61 Å². The van der Waals surface area contributed by atoms with Crippen LogP contribution in [0.15, 0.2) is 106 Å². The molecule has 10 heteroatoms. The van der Waals surface area contributed by atoms with E-state index >= 15 is 0 Å². The largest absolute Gasteiger partial charge is 0.494 e. The Kier molecular flexibility index (Phi) is 11.4. The maximum Gasteiger partial charge on any atom is 0.275 e. The highest BCUT2D eigenvalue weighted by molar-refractivity contribution is 9.10. The Bertz CT molecular complexity index is 1820. The fourth-order valence-corrected chi connectivity index (χ4v) is 12.9. The molecule has 0 radical (unpaired) electrons. The van der Waals surface area contributed by atoms with Crippen molar-refractivity contribution in [2.24, 2.45) is 0 Å². The van der Waals surface area contributed by atoms with Crippen molar-refractivity contribution in [1.29, 1.82) is 0 Å². The lowest BCUT2D eigenvalue weighted by atomic mass is 9.88. The van der Waals surface area contributed by atoms with Crippen molar-refractivity contribution >= 4 is 56.7 Å². The maximum absolute atomic E-state index is 12.8. The predicted octanol–water partition coefficient (Wildman–Crippen LogP) is 7.54. The summed E-state index contributed by atoms with van der Waals surface area (Å²) in [5.41, 5.74) is 1.21. The second kappa shape index (κ2) is 15.7. The molecule has 49 heavy (non-hydrogen) atoms. The van der Waals surface area contributed by atoms with Crippen LogP contribution in [-0.2, 0) is 4.43 Å². The van der Waals surface area contributed by atoms with Gasteiger partial charge in [-0.3, -0.25) is 9.20 Å².